The van der Waals surface area contributed by atoms with Crippen molar-refractivity contribution in [1.82, 2.24) is 9.80 Å². The number of carbonyl (C=O) groups excluding carboxylic acids is 2. The van der Waals surface area contributed by atoms with Crippen LogP contribution < -0.4 is 5.32 Å². The van der Waals surface area contributed by atoms with Crippen molar-refractivity contribution in [3.63, 3.8) is 0 Å². The maximum atomic E-state index is 12.7. The van der Waals surface area contributed by atoms with E-state index in [1.54, 1.807) is 24.3 Å². The van der Waals surface area contributed by atoms with Gasteiger partial charge in [-0.05, 0) is 43.3 Å². The van der Waals surface area contributed by atoms with E-state index in [9.17, 15) is 9.59 Å². The highest BCUT2D eigenvalue weighted by molar-refractivity contribution is 5.95. The molecule has 5 nitrogen and oxygen atoms in total. The molecule has 5 heteroatoms. The minimum absolute atomic E-state index is 0.0493. The van der Waals surface area contributed by atoms with E-state index in [4.69, 9.17) is 0 Å². The molecule has 25 heavy (non-hydrogen) atoms. The number of amides is 2. The molecule has 2 amide bonds. The Hall–Kier alpha value is -2.66. The predicted octanol–water partition coefficient (Wildman–Crippen LogP) is 2.60. The van der Waals surface area contributed by atoms with Gasteiger partial charge in [0.1, 0.15) is 0 Å². The largest absolute Gasteiger partial charge is 0.337 e. The van der Waals surface area contributed by atoms with E-state index in [1.165, 1.54) is 5.56 Å². The molecule has 1 atom stereocenters. The Morgan fingerprint density at radius 2 is 1.92 bits per heavy atom. The molecule has 1 aliphatic heterocycles. The lowest BCUT2D eigenvalue weighted by molar-refractivity contribution is -0.105. The lowest BCUT2D eigenvalue weighted by Gasteiger charge is -2.24. The second-order valence-electron chi connectivity index (χ2n) is 6.43. The number of rotatable bonds is 6. The van der Waals surface area contributed by atoms with Crippen molar-refractivity contribution in [2.45, 2.75) is 19.0 Å². The first-order valence-corrected chi connectivity index (χ1v) is 8.51. The summed E-state index contributed by atoms with van der Waals surface area (Å²) in [5.41, 5.74) is 2.63. The zero-order chi connectivity index (χ0) is 17.6. The predicted molar refractivity (Wildman–Crippen MR) is 98.3 cm³/mol. The van der Waals surface area contributed by atoms with Crippen molar-refractivity contribution in [1.29, 1.82) is 0 Å². The Bertz CT molecular complexity index is 715. The third kappa shape index (κ3) is 4.25. The van der Waals surface area contributed by atoms with Gasteiger partial charge in [-0.3, -0.25) is 14.5 Å². The third-order valence-electron chi connectivity index (χ3n) is 4.71. The molecule has 3 rings (SSSR count). The highest BCUT2D eigenvalue weighted by atomic mass is 16.2. The fraction of sp³-hybridized carbons (Fsp3) is 0.300. The monoisotopic (exact) mass is 337 g/mol. The molecule has 1 aliphatic rings. The number of likely N-dealkylation sites (tertiary alicyclic amines) is 1. The highest BCUT2D eigenvalue weighted by Crippen LogP contribution is 2.19. The molecule has 0 bridgehead atoms. The standard InChI is InChI=1S/C20H23N3O2/c1-22(13-16-5-3-2-4-6-16)19-11-12-23(14-19)20(25)17-7-9-18(10-8-17)21-15-24/h2-10,15,19H,11-14H2,1H3,(H,21,24). The summed E-state index contributed by atoms with van der Waals surface area (Å²) in [5, 5.41) is 2.58. The highest BCUT2D eigenvalue weighted by Gasteiger charge is 2.29. The van der Waals surface area contributed by atoms with Gasteiger partial charge in [0, 0.05) is 36.9 Å². The maximum Gasteiger partial charge on any atom is 0.253 e. The van der Waals surface area contributed by atoms with E-state index in [2.05, 4.69) is 41.5 Å². The summed E-state index contributed by atoms with van der Waals surface area (Å²) in [6.07, 6.45) is 1.62. The van der Waals surface area contributed by atoms with Crippen LogP contribution in [0, 0.1) is 0 Å². The molecule has 1 saturated heterocycles. The number of carbonyl (C=O) groups is 2. The first-order chi connectivity index (χ1) is 12.2. The molecule has 1 unspecified atom stereocenters. The van der Waals surface area contributed by atoms with Crippen LogP contribution in [0.4, 0.5) is 5.69 Å². The average Bonchev–Trinajstić information content (AvgIpc) is 3.13. The molecule has 0 aromatic heterocycles. The topological polar surface area (TPSA) is 52.6 Å². The Labute approximate surface area is 148 Å². The molecule has 1 heterocycles. The Kier molecular flexibility index (Phi) is 5.46. The number of nitrogens with zero attached hydrogens (tertiary/aromatic N) is 2. The Morgan fingerprint density at radius 3 is 2.60 bits per heavy atom. The molecule has 2 aromatic rings. The fourth-order valence-electron chi connectivity index (χ4n) is 3.25. The summed E-state index contributed by atoms with van der Waals surface area (Å²) >= 11 is 0. The van der Waals surface area contributed by atoms with Crippen LogP contribution in [0.25, 0.3) is 0 Å². The van der Waals surface area contributed by atoms with Gasteiger partial charge in [-0.1, -0.05) is 30.3 Å². The second-order valence-corrected chi connectivity index (χ2v) is 6.43. The van der Waals surface area contributed by atoms with E-state index < -0.39 is 0 Å². The summed E-state index contributed by atoms with van der Waals surface area (Å²) in [6, 6.07) is 17.8. The Balaban J connectivity index is 1.58. The van der Waals surface area contributed by atoms with E-state index in [0.717, 1.165) is 26.1 Å². The number of likely N-dealkylation sites (N-methyl/N-ethyl adjacent to an activating group) is 1. The van der Waals surface area contributed by atoms with Crippen LogP contribution in [-0.2, 0) is 11.3 Å². The van der Waals surface area contributed by atoms with Crippen LogP contribution in [0.15, 0.2) is 54.6 Å². The minimum Gasteiger partial charge on any atom is -0.337 e. The lowest BCUT2D eigenvalue weighted by atomic mass is 10.1. The zero-order valence-corrected chi connectivity index (χ0v) is 14.4. The summed E-state index contributed by atoms with van der Waals surface area (Å²) in [5.74, 6) is 0.0493. The van der Waals surface area contributed by atoms with Gasteiger partial charge in [-0.2, -0.15) is 0 Å². The van der Waals surface area contributed by atoms with E-state index in [-0.39, 0.29) is 5.91 Å². The van der Waals surface area contributed by atoms with Gasteiger partial charge >= 0.3 is 0 Å². The second kappa shape index (κ2) is 7.94. The normalized spacial score (nSPS) is 16.9. The lowest BCUT2D eigenvalue weighted by Crippen LogP contribution is -2.36. The smallest absolute Gasteiger partial charge is 0.253 e. The van der Waals surface area contributed by atoms with Crippen LogP contribution in [0.1, 0.15) is 22.3 Å². The van der Waals surface area contributed by atoms with Gasteiger partial charge in [0.2, 0.25) is 6.41 Å². The van der Waals surface area contributed by atoms with Gasteiger partial charge in [0.25, 0.3) is 5.91 Å². The first-order valence-electron chi connectivity index (χ1n) is 8.51. The number of hydrogen-bond acceptors (Lipinski definition) is 3. The Morgan fingerprint density at radius 1 is 1.20 bits per heavy atom. The molecule has 1 fully saturated rings. The van der Waals surface area contributed by atoms with Crippen molar-refractivity contribution in [2.75, 3.05) is 25.5 Å². The fourth-order valence-corrected chi connectivity index (χ4v) is 3.25. The van der Waals surface area contributed by atoms with Crippen molar-refractivity contribution < 1.29 is 9.59 Å². The molecular weight excluding hydrogens is 314 g/mol. The molecule has 0 aliphatic carbocycles. The summed E-state index contributed by atoms with van der Waals surface area (Å²) < 4.78 is 0. The van der Waals surface area contributed by atoms with E-state index in [1.807, 2.05) is 11.0 Å². The average molecular weight is 337 g/mol. The van der Waals surface area contributed by atoms with Crippen molar-refractivity contribution in [2.24, 2.45) is 0 Å². The summed E-state index contributed by atoms with van der Waals surface area (Å²) in [7, 11) is 2.12. The van der Waals surface area contributed by atoms with Gasteiger partial charge < -0.3 is 10.2 Å². The first kappa shape index (κ1) is 17.2. The zero-order valence-electron chi connectivity index (χ0n) is 14.4. The van der Waals surface area contributed by atoms with Gasteiger partial charge in [-0.25, -0.2) is 0 Å². The van der Waals surface area contributed by atoms with E-state index >= 15 is 0 Å². The summed E-state index contributed by atoms with van der Waals surface area (Å²) in [4.78, 5) is 27.3. The van der Waals surface area contributed by atoms with Gasteiger partial charge in [0.15, 0.2) is 0 Å². The van der Waals surface area contributed by atoms with Crippen LogP contribution in [0.2, 0.25) is 0 Å². The number of anilines is 1. The maximum absolute atomic E-state index is 12.7. The minimum atomic E-state index is 0.0493. The van der Waals surface area contributed by atoms with Crippen LogP contribution >= 0.6 is 0 Å². The molecule has 1 N–H and O–H groups in total. The van der Waals surface area contributed by atoms with Crippen LogP contribution in [0.5, 0.6) is 0 Å². The van der Waals surface area contributed by atoms with Crippen LogP contribution in [-0.4, -0.2) is 48.3 Å². The van der Waals surface area contributed by atoms with Gasteiger partial charge in [-0.15, -0.1) is 0 Å². The molecule has 130 valence electrons. The molecular formula is C20H23N3O2. The molecule has 2 aromatic carbocycles. The van der Waals surface area contributed by atoms with Gasteiger partial charge in [0.05, 0.1) is 0 Å². The number of hydrogen-bond donors (Lipinski definition) is 1. The van der Waals surface area contributed by atoms with Crippen LogP contribution in [0.3, 0.4) is 0 Å². The molecule has 0 radical (unpaired) electrons. The molecule has 0 spiro atoms. The summed E-state index contributed by atoms with van der Waals surface area (Å²) in [6.45, 7) is 2.41. The third-order valence-corrected chi connectivity index (χ3v) is 4.71. The van der Waals surface area contributed by atoms with Crippen molar-refractivity contribution in [3.8, 4) is 0 Å². The van der Waals surface area contributed by atoms with E-state index in [0.29, 0.717) is 23.7 Å². The molecule has 0 saturated carbocycles. The SMILES string of the molecule is CN(Cc1ccccc1)C1CCN(C(=O)c2ccc(NC=O)cc2)C1. The van der Waals surface area contributed by atoms with Crippen molar-refractivity contribution >= 4 is 18.0 Å². The van der Waals surface area contributed by atoms with Crippen molar-refractivity contribution in [3.05, 3.63) is 65.7 Å². The number of benzene rings is 2. The quantitative estimate of drug-likeness (QED) is 0.825. The number of nitrogens with one attached hydrogen (secondary N) is 1.